The van der Waals surface area contributed by atoms with Crippen LogP contribution in [0.3, 0.4) is 0 Å². The van der Waals surface area contributed by atoms with E-state index in [1.54, 1.807) is 19.2 Å². The van der Waals surface area contributed by atoms with Gasteiger partial charge in [-0.1, -0.05) is 0 Å². The van der Waals surface area contributed by atoms with Crippen molar-refractivity contribution < 1.29 is 27.4 Å². The zero-order valence-corrected chi connectivity index (χ0v) is 20.1. The number of hydrogen-bond donors (Lipinski definition) is 1. The minimum Gasteiger partial charge on any atom is -0.383 e. The Morgan fingerprint density at radius 1 is 1.29 bits per heavy atom. The van der Waals surface area contributed by atoms with Gasteiger partial charge in [0.25, 0.3) is 0 Å². The van der Waals surface area contributed by atoms with Crippen LogP contribution in [-0.2, 0) is 20.4 Å². The summed E-state index contributed by atoms with van der Waals surface area (Å²) in [4.78, 5) is 17.6. The largest absolute Gasteiger partial charge is 0.417 e. The average molecular weight is 495 g/mol. The van der Waals surface area contributed by atoms with E-state index in [9.17, 15) is 18.0 Å². The van der Waals surface area contributed by atoms with Crippen molar-refractivity contribution >= 4 is 11.6 Å². The van der Waals surface area contributed by atoms with Crippen molar-refractivity contribution in [2.45, 2.75) is 37.9 Å². The van der Waals surface area contributed by atoms with E-state index in [-0.39, 0.29) is 22.8 Å². The van der Waals surface area contributed by atoms with E-state index in [1.165, 1.54) is 6.07 Å². The van der Waals surface area contributed by atoms with E-state index in [4.69, 9.17) is 14.7 Å². The van der Waals surface area contributed by atoms with Crippen LogP contribution in [0, 0.1) is 22.7 Å². The quantitative estimate of drug-likeness (QED) is 0.613. The summed E-state index contributed by atoms with van der Waals surface area (Å²) in [5, 5.41) is 12.1. The SMILES string of the molecule is COCCNC(=O)C1CN(C2CCOCC2)CC12CCN(c1ccc(C#N)c(C(F)(F)F)c1)CC2. The lowest BCUT2D eigenvalue weighted by Gasteiger charge is -2.43. The zero-order valence-electron chi connectivity index (χ0n) is 20.1. The highest BCUT2D eigenvalue weighted by Crippen LogP contribution is 2.47. The summed E-state index contributed by atoms with van der Waals surface area (Å²) >= 11 is 0. The number of amides is 1. The minimum absolute atomic E-state index is 0.0304. The van der Waals surface area contributed by atoms with Gasteiger partial charge in [-0.25, -0.2) is 0 Å². The minimum atomic E-state index is -4.58. The maximum absolute atomic E-state index is 13.5. The van der Waals surface area contributed by atoms with Crippen molar-refractivity contribution in [3.8, 4) is 6.07 Å². The van der Waals surface area contributed by atoms with Crippen molar-refractivity contribution in [2.75, 3.05) is 64.6 Å². The second kappa shape index (κ2) is 10.7. The fourth-order valence-electron chi connectivity index (χ4n) is 5.87. The first kappa shape index (κ1) is 25.7. The summed E-state index contributed by atoms with van der Waals surface area (Å²) < 4.78 is 51.0. The highest BCUT2D eigenvalue weighted by Gasteiger charge is 2.52. The fourth-order valence-corrected chi connectivity index (χ4v) is 5.87. The summed E-state index contributed by atoms with van der Waals surface area (Å²) in [6.07, 6.45) is -1.25. The highest BCUT2D eigenvalue weighted by atomic mass is 19.4. The maximum atomic E-state index is 13.5. The van der Waals surface area contributed by atoms with Gasteiger partial charge in [0, 0.05) is 64.8 Å². The summed E-state index contributed by atoms with van der Waals surface area (Å²) in [6, 6.07) is 5.94. The van der Waals surface area contributed by atoms with Crippen molar-refractivity contribution in [1.29, 1.82) is 5.26 Å². The Hall–Kier alpha value is -2.35. The molecular formula is C25H33F3N4O3. The number of likely N-dealkylation sites (tertiary alicyclic amines) is 1. The Bertz CT molecular complexity index is 935. The standard InChI is InChI=1S/C25H33F3N4O3/c1-34-13-8-30-23(33)22-16-32(19-4-11-35-12-5-19)17-24(22)6-9-31(10-7-24)20-3-2-18(15-29)21(14-20)25(26,27)28/h2-3,14,19,22H,4-13,16-17H2,1H3,(H,30,33). The van der Waals surface area contributed by atoms with E-state index in [0.717, 1.165) is 51.5 Å². The molecule has 1 atom stereocenters. The van der Waals surface area contributed by atoms with Gasteiger partial charge in [0.2, 0.25) is 5.91 Å². The molecule has 192 valence electrons. The van der Waals surface area contributed by atoms with Crippen molar-refractivity contribution in [1.82, 2.24) is 10.2 Å². The summed E-state index contributed by atoms with van der Waals surface area (Å²) in [7, 11) is 1.60. The monoisotopic (exact) mass is 494 g/mol. The van der Waals surface area contributed by atoms with Gasteiger partial charge in [-0.05, 0) is 49.3 Å². The van der Waals surface area contributed by atoms with Crippen LogP contribution in [-0.4, -0.2) is 76.5 Å². The summed E-state index contributed by atoms with van der Waals surface area (Å²) in [6.45, 7) is 4.99. The molecule has 0 radical (unpaired) electrons. The molecule has 3 fully saturated rings. The number of hydrogen-bond acceptors (Lipinski definition) is 6. The Kier molecular flexibility index (Phi) is 7.89. The number of nitrogens with zero attached hydrogens (tertiary/aromatic N) is 3. The third-order valence-electron chi connectivity index (χ3n) is 7.86. The second-order valence-corrected chi connectivity index (χ2v) is 9.80. The van der Waals surface area contributed by atoms with E-state index in [2.05, 4.69) is 10.2 Å². The molecule has 1 aromatic rings. The molecule has 1 N–H and O–H groups in total. The van der Waals surface area contributed by atoms with E-state index in [0.29, 0.717) is 44.5 Å². The van der Waals surface area contributed by atoms with Crippen LogP contribution < -0.4 is 10.2 Å². The number of nitrogens with one attached hydrogen (secondary N) is 1. The summed E-state index contributed by atoms with van der Waals surface area (Å²) in [5.41, 5.74) is -1.03. The number of benzene rings is 1. The van der Waals surface area contributed by atoms with Crippen LogP contribution in [0.4, 0.5) is 18.9 Å². The highest BCUT2D eigenvalue weighted by molar-refractivity contribution is 5.80. The molecular weight excluding hydrogens is 461 g/mol. The fraction of sp³-hybridized carbons (Fsp3) is 0.680. The molecule has 4 rings (SSSR count). The van der Waals surface area contributed by atoms with Crippen LogP contribution in [0.15, 0.2) is 18.2 Å². The molecule has 3 saturated heterocycles. The number of carbonyl (C=O) groups excluding carboxylic acids is 1. The predicted molar refractivity (Wildman–Crippen MR) is 124 cm³/mol. The topological polar surface area (TPSA) is 77.8 Å². The number of ether oxygens (including phenoxy) is 2. The number of halogens is 3. The number of piperidine rings is 1. The first-order valence-electron chi connectivity index (χ1n) is 12.2. The molecule has 3 heterocycles. The van der Waals surface area contributed by atoms with Gasteiger partial charge >= 0.3 is 6.18 Å². The second-order valence-electron chi connectivity index (χ2n) is 9.80. The molecule has 3 aliphatic rings. The lowest BCUT2D eigenvalue weighted by Crippen LogP contribution is -2.49. The van der Waals surface area contributed by atoms with E-state index in [1.807, 2.05) is 4.90 Å². The predicted octanol–water partition coefficient (Wildman–Crippen LogP) is 3.04. The number of nitriles is 1. The van der Waals surface area contributed by atoms with Gasteiger partial charge in [0.15, 0.2) is 0 Å². The number of carbonyl (C=O) groups is 1. The summed E-state index contributed by atoms with van der Waals surface area (Å²) in [5.74, 6) is -0.140. The van der Waals surface area contributed by atoms with Gasteiger partial charge in [0.1, 0.15) is 0 Å². The molecule has 7 nitrogen and oxygen atoms in total. The zero-order chi connectivity index (χ0) is 25.1. The van der Waals surface area contributed by atoms with Gasteiger partial charge < -0.3 is 19.7 Å². The first-order valence-corrected chi connectivity index (χ1v) is 12.2. The van der Waals surface area contributed by atoms with Crippen LogP contribution in [0.1, 0.15) is 36.8 Å². The van der Waals surface area contributed by atoms with Gasteiger partial charge in [-0.2, -0.15) is 18.4 Å². The van der Waals surface area contributed by atoms with Crippen LogP contribution in [0.5, 0.6) is 0 Å². The van der Waals surface area contributed by atoms with Crippen molar-refractivity contribution in [3.63, 3.8) is 0 Å². The van der Waals surface area contributed by atoms with Crippen LogP contribution >= 0.6 is 0 Å². The third kappa shape index (κ3) is 5.57. The molecule has 10 heteroatoms. The molecule has 0 saturated carbocycles. The Morgan fingerprint density at radius 3 is 2.63 bits per heavy atom. The Morgan fingerprint density at radius 2 is 2.00 bits per heavy atom. The lowest BCUT2D eigenvalue weighted by molar-refractivity contribution is -0.137. The Balaban J connectivity index is 1.51. The van der Waals surface area contributed by atoms with Gasteiger partial charge in [-0.15, -0.1) is 0 Å². The van der Waals surface area contributed by atoms with Crippen molar-refractivity contribution in [2.24, 2.45) is 11.3 Å². The number of rotatable bonds is 6. The van der Waals surface area contributed by atoms with Crippen molar-refractivity contribution in [3.05, 3.63) is 29.3 Å². The Labute approximate surface area is 204 Å². The number of anilines is 1. The van der Waals surface area contributed by atoms with Crippen LogP contribution in [0.25, 0.3) is 0 Å². The molecule has 1 unspecified atom stereocenters. The first-order chi connectivity index (χ1) is 16.8. The number of alkyl halides is 3. The molecule has 1 aromatic carbocycles. The molecule has 35 heavy (non-hydrogen) atoms. The van der Waals surface area contributed by atoms with Gasteiger partial charge in [0.05, 0.1) is 29.7 Å². The molecule has 0 aromatic heterocycles. The number of methoxy groups -OCH3 is 1. The molecule has 1 amide bonds. The van der Waals surface area contributed by atoms with Gasteiger partial charge in [-0.3, -0.25) is 9.69 Å². The molecule has 0 bridgehead atoms. The maximum Gasteiger partial charge on any atom is 0.417 e. The molecule has 3 aliphatic heterocycles. The third-order valence-corrected chi connectivity index (χ3v) is 7.86. The lowest BCUT2D eigenvalue weighted by atomic mass is 9.70. The average Bonchev–Trinajstić information content (AvgIpc) is 3.23. The molecule has 0 aliphatic carbocycles. The normalized spacial score (nSPS) is 23.4. The molecule has 1 spiro atoms. The van der Waals surface area contributed by atoms with E-state index >= 15 is 0 Å². The smallest absolute Gasteiger partial charge is 0.383 e. The van der Waals surface area contributed by atoms with Crippen LogP contribution in [0.2, 0.25) is 0 Å². The van der Waals surface area contributed by atoms with E-state index < -0.39 is 11.7 Å².